The summed E-state index contributed by atoms with van der Waals surface area (Å²) < 4.78 is 4.11. The maximum absolute atomic E-state index is 4.91. The number of rotatable bonds is 4. The van der Waals surface area contributed by atoms with Gasteiger partial charge in [0, 0.05) is 0 Å². The average Bonchev–Trinajstić information content (AvgIpc) is 3.09. The van der Waals surface area contributed by atoms with Crippen LogP contribution in [0.1, 0.15) is 63.0 Å². The molecule has 154 valence electrons. The third-order valence-electron chi connectivity index (χ3n) is 6.42. The SMILES string of the molecule is Cc1c([Te]C2CCCCC2)sc2c(-c3cc(C(C)C)c4ccccc4c3)nccc12. The molecule has 1 aliphatic carbocycles. The summed E-state index contributed by atoms with van der Waals surface area (Å²) in [5, 5.41) is 4.12. The van der Waals surface area contributed by atoms with Crippen LogP contribution in [-0.2, 0) is 0 Å². The van der Waals surface area contributed by atoms with Crippen LogP contribution >= 0.6 is 11.3 Å². The molecule has 0 saturated heterocycles. The van der Waals surface area contributed by atoms with Gasteiger partial charge in [-0.1, -0.05) is 0 Å². The first-order chi connectivity index (χ1) is 14.6. The van der Waals surface area contributed by atoms with Crippen LogP contribution in [0.25, 0.3) is 32.1 Å². The molecule has 30 heavy (non-hydrogen) atoms. The van der Waals surface area contributed by atoms with E-state index in [1.165, 1.54) is 75.3 Å². The van der Waals surface area contributed by atoms with Crippen LogP contribution < -0.4 is 2.93 Å². The average molecular weight is 527 g/mol. The summed E-state index contributed by atoms with van der Waals surface area (Å²) in [7, 11) is 0. The molecule has 2 aromatic heterocycles. The van der Waals surface area contributed by atoms with Crippen molar-refractivity contribution in [1.29, 1.82) is 0 Å². The third-order valence-corrected chi connectivity index (χ3v) is 12.7. The molecule has 1 saturated carbocycles. The van der Waals surface area contributed by atoms with Gasteiger partial charge in [0.05, 0.1) is 0 Å². The van der Waals surface area contributed by atoms with Crippen molar-refractivity contribution in [2.24, 2.45) is 0 Å². The standard InChI is InChI=1S/C27H29NSTe/c1-17(2)24-16-20(15-19-9-7-8-12-23(19)24)25-26-22(13-14-28-25)18(3)27(29-26)30-21-10-5-4-6-11-21/h7-9,12-17,21H,4-6,10-11H2,1-3H3. The number of hydrogen-bond donors (Lipinski definition) is 0. The number of hydrogen-bond acceptors (Lipinski definition) is 2. The van der Waals surface area contributed by atoms with Crippen molar-refractivity contribution in [2.75, 3.05) is 0 Å². The zero-order valence-corrected chi connectivity index (χ0v) is 21.2. The molecule has 1 aliphatic rings. The Bertz CT molecular complexity index is 1200. The summed E-state index contributed by atoms with van der Waals surface area (Å²) in [6.07, 6.45) is 9.28. The van der Waals surface area contributed by atoms with Gasteiger partial charge in [-0.15, -0.1) is 0 Å². The molecule has 0 amide bonds. The first kappa shape index (κ1) is 20.5. The molecule has 0 aliphatic heterocycles. The molecular weight excluding hydrogens is 498 g/mol. The molecule has 3 heteroatoms. The van der Waals surface area contributed by atoms with Gasteiger partial charge in [0.1, 0.15) is 0 Å². The summed E-state index contributed by atoms with van der Waals surface area (Å²) in [5.41, 5.74) is 5.41. The van der Waals surface area contributed by atoms with Crippen LogP contribution in [0.15, 0.2) is 48.7 Å². The molecule has 0 unspecified atom stereocenters. The van der Waals surface area contributed by atoms with Crippen molar-refractivity contribution in [3.63, 3.8) is 0 Å². The van der Waals surface area contributed by atoms with E-state index in [-0.39, 0.29) is 20.9 Å². The van der Waals surface area contributed by atoms with Crippen LogP contribution in [0.5, 0.6) is 0 Å². The molecule has 4 aromatic rings. The molecular formula is C27H29NSTe. The van der Waals surface area contributed by atoms with Gasteiger partial charge in [0.25, 0.3) is 0 Å². The second-order valence-corrected chi connectivity index (χ2v) is 14.4. The van der Waals surface area contributed by atoms with Crippen LogP contribution in [-0.4, -0.2) is 25.9 Å². The quantitative estimate of drug-likeness (QED) is 0.249. The third kappa shape index (κ3) is 3.81. The minimum absolute atomic E-state index is 0.112. The van der Waals surface area contributed by atoms with Gasteiger partial charge in [-0.3, -0.25) is 0 Å². The van der Waals surface area contributed by atoms with Crippen molar-refractivity contribution in [1.82, 2.24) is 4.98 Å². The van der Waals surface area contributed by atoms with E-state index in [0.29, 0.717) is 5.92 Å². The van der Waals surface area contributed by atoms with Crippen LogP contribution in [0.4, 0.5) is 0 Å². The zero-order chi connectivity index (χ0) is 20.7. The van der Waals surface area contributed by atoms with Crippen LogP contribution in [0.3, 0.4) is 0 Å². The van der Waals surface area contributed by atoms with Gasteiger partial charge < -0.3 is 0 Å². The summed E-state index contributed by atoms with van der Waals surface area (Å²) in [6.45, 7) is 6.94. The Morgan fingerprint density at radius 3 is 2.60 bits per heavy atom. The Hall–Kier alpha value is -1.40. The summed E-state index contributed by atoms with van der Waals surface area (Å²) in [6, 6.07) is 15.8. The number of pyridine rings is 1. The Morgan fingerprint density at radius 1 is 1.00 bits per heavy atom. The van der Waals surface area contributed by atoms with E-state index in [0.717, 1.165) is 3.97 Å². The fourth-order valence-corrected chi connectivity index (χ4v) is 11.2. The minimum atomic E-state index is -0.112. The number of thiophene rings is 1. The van der Waals surface area contributed by atoms with Gasteiger partial charge >= 0.3 is 195 Å². The number of aromatic nitrogens is 1. The topological polar surface area (TPSA) is 12.9 Å². The zero-order valence-electron chi connectivity index (χ0n) is 18.1. The predicted molar refractivity (Wildman–Crippen MR) is 134 cm³/mol. The molecule has 2 aromatic carbocycles. The van der Waals surface area contributed by atoms with Crippen LogP contribution in [0.2, 0.25) is 3.97 Å². The van der Waals surface area contributed by atoms with Gasteiger partial charge in [-0.2, -0.15) is 0 Å². The van der Waals surface area contributed by atoms with E-state index < -0.39 is 0 Å². The van der Waals surface area contributed by atoms with E-state index in [2.05, 4.69) is 74.6 Å². The molecule has 0 bridgehead atoms. The van der Waals surface area contributed by atoms with Crippen molar-refractivity contribution in [3.05, 3.63) is 59.8 Å². The first-order valence-electron chi connectivity index (χ1n) is 11.2. The van der Waals surface area contributed by atoms with E-state index in [1.54, 1.807) is 2.93 Å². The summed E-state index contributed by atoms with van der Waals surface area (Å²) in [5.74, 6) is 0.493. The number of nitrogens with zero attached hydrogens (tertiary/aromatic N) is 1. The fraction of sp³-hybridized carbons (Fsp3) is 0.370. The fourth-order valence-electron chi connectivity index (χ4n) is 4.73. The molecule has 0 atom stereocenters. The Balaban J connectivity index is 1.63. The van der Waals surface area contributed by atoms with Gasteiger partial charge in [0.2, 0.25) is 0 Å². The van der Waals surface area contributed by atoms with E-state index >= 15 is 0 Å². The van der Waals surface area contributed by atoms with E-state index in [9.17, 15) is 0 Å². The molecule has 1 fully saturated rings. The molecule has 0 spiro atoms. The van der Waals surface area contributed by atoms with Crippen molar-refractivity contribution in [2.45, 2.75) is 62.8 Å². The second kappa shape index (κ2) is 8.62. The molecule has 0 N–H and O–H groups in total. The number of benzene rings is 2. The second-order valence-electron chi connectivity index (χ2n) is 8.87. The van der Waals surface area contributed by atoms with Gasteiger partial charge in [0.15, 0.2) is 0 Å². The van der Waals surface area contributed by atoms with Crippen LogP contribution in [0, 0.1) is 6.92 Å². The Kier molecular flexibility index (Phi) is 5.89. The summed E-state index contributed by atoms with van der Waals surface area (Å²) in [4.78, 5) is 4.91. The number of aryl methyl sites for hydroxylation is 1. The molecule has 1 nitrogen and oxygen atoms in total. The van der Waals surface area contributed by atoms with Crippen molar-refractivity contribution in [3.8, 4) is 11.3 Å². The predicted octanol–water partition coefficient (Wildman–Crippen LogP) is 7.63. The van der Waals surface area contributed by atoms with Crippen molar-refractivity contribution >= 4 is 56.0 Å². The monoisotopic (exact) mass is 529 g/mol. The van der Waals surface area contributed by atoms with E-state index in [4.69, 9.17) is 4.98 Å². The Labute approximate surface area is 194 Å². The number of fused-ring (bicyclic) bond motifs is 2. The van der Waals surface area contributed by atoms with Gasteiger partial charge in [-0.25, -0.2) is 0 Å². The summed E-state index contributed by atoms with van der Waals surface area (Å²) >= 11 is 1.94. The molecule has 5 rings (SSSR count). The van der Waals surface area contributed by atoms with Crippen molar-refractivity contribution < 1.29 is 0 Å². The normalized spacial score (nSPS) is 15.5. The van der Waals surface area contributed by atoms with E-state index in [1.807, 2.05) is 6.20 Å². The Morgan fingerprint density at radius 2 is 1.80 bits per heavy atom. The molecule has 0 radical (unpaired) electrons. The first-order valence-corrected chi connectivity index (χ1v) is 14.5. The molecule has 2 heterocycles. The van der Waals surface area contributed by atoms with Gasteiger partial charge in [-0.05, 0) is 0 Å². The maximum atomic E-state index is 4.91.